The highest BCUT2D eigenvalue weighted by molar-refractivity contribution is 9.10. The van der Waals surface area contributed by atoms with Crippen molar-refractivity contribution < 1.29 is 0 Å². The van der Waals surface area contributed by atoms with Gasteiger partial charge in [0.1, 0.15) is 0 Å². The number of nitrogens with zero attached hydrogens (tertiary/aromatic N) is 1. The first-order valence-corrected chi connectivity index (χ1v) is 6.83. The minimum Gasteiger partial charge on any atom is -0.330 e. The summed E-state index contributed by atoms with van der Waals surface area (Å²) in [6.45, 7) is 2.08. The van der Waals surface area contributed by atoms with Gasteiger partial charge in [0.05, 0.1) is 11.0 Å². The summed E-state index contributed by atoms with van der Waals surface area (Å²) in [7, 11) is 0. The van der Waals surface area contributed by atoms with Gasteiger partial charge in [-0.1, -0.05) is 28.1 Å². The van der Waals surface area contributed by atoms with Crippen LogP contribution >= 0.6 is 28.1 Å². The largest absolute Gasteiger partial charge is 0.330 e. The first-order chi connectivity index (χ1) is 8.66. The lowest BCUT2D eigenvalue weighted by molar-refractivity contribution is 1.06. The van der Waals surface area contributed by atoms with Crippen LogP contribution in [0.15, 0.2) is 46.9 Å². The Morgan fingerprint density at radius 3 is 2.56 bits per heavy atom. The van der Waals surface area contributed by atoms with Gasteiger partial charge in [-0.15, -0.1) is 0 Å². The lowest BCUT2D eigenvalue weighted by Gasteiger charge is -2.04. The predicted octanol–water partition coefficient (Wildman–Crippen LogP) is 4.76. The molecule has 0 aliphatic heterocycles. The van der Waals surface area contributed by atoms with Crippen molar-refractivity contribution in [1.29, 1.82) is 0 Å². The number of aromatic amines is 1. The Balaban J connectivity index is 2.35. The van der Waals surface area contributed by atoms with Gasteiger partial charge in [-0.2, -0.15) is 0 Å². The van der Waals surface area contributed by atoms with Crippen LogP contribution in [-0.4, -0.2) is 9.55 Å². The smallest absolute Gasteiger partial charge is 0.182 e. The number of hydrogen-bond donors (Lipinski definition) is 1. The lowest BCUT2D eigenvalue weighted by atomic mass is 10.2. The fourth-order valence-electron chi connectivity index (χ4n) is 2.12. The van der Waals surface area contributed by atoms with Crippen molar-refractivity contribution in [2.75, 3.05) is 0 Å². The number of aromatic nitrogens is 2. The van der Waals surface area contributed by atoms with Crippen LogP contribution in [0.25, 0.3) is 16.7 Å². The molecule has 1 N–H and O–H groups in total. The molecule has 4 heteroatoms. The number of aryl methyl sites for hydroxylation is 1. The van der Waals surface area contributed by atoms with E-state index in [1.807, 2.05) is 12.1 Å². The van der Waals surface area contributed by atoms with Crippen molar-refractivity contribution in [3.05, 3.63) is 57.3 Å². The Bertz CT molecular complexity index is 769. The molecule has 0 bridgehead atoms. The summed E-state index contributed by atoms with van der Waals surface area (Å²) in [6, 6.07) is 14.4. The van der Waals surface area contributed by atoms with Crippen molar-refractivity contribution in [2.45, 2.75) is 6.92 Å². The number of benzene rings is 2. The zero-order valence-corrected chi connectivity index (χ0v) is 12.2. The van der Waals surface area contributed by atoms with Crippen molar-refractivity contribution in [3.63, 3.8) is 0 Å². The highest BCUT2D eigenvalue weighted by atomic mass is 79.9. The molecule has 90 valence electrons. The molecular formula is C14H11BrN2S. The fraction of sp³-hybridized carbons (Fsp3) is 0.0714. The number of nitrogens with one attached hydrogen (secondary N) is 1. The first kappa shape index (κ1) is 11.7. The van der Waals surface area contributed by atoms with Gasteiger partial charge in [0.2, 0.25) is 0 Å². The van der Waals surface area contributed by atoms with Crippen molar-refractivity contribution in [1.82, 2.24) is 9.55 Å². The van der Waals surface area contributed by atoms with Gasteiger partial charge in [0.15, 0.2) is 4.77 Å². The summed E-state index contributed by atoms with van der Waals surface area (Å²) in [6.07, 6.45) is 0. The van der Waals surface area contributed by atoms with Gasteiger partial charge in [-0.05, 0) is 55.0 Å². The van der Waals surface area contributed by atoms with Crippen LogP contribution in [0, 0.1) is 11.7 Å². The number of hydrogen-bond acceptors (Lipinski definition) is 1. The quantitative estimate of drug-likeness (QED) is 0.641. The molecule has 3 aromatic rings. The third-order valence-electron chi connectivity index (χ3n) is 3.01. The molecule has 0 atom stereocenters. The highest BCUT2D eigenvalue weighted by Crippen LogP contribution is 2.23. The van der Waals surface area contributed by atoms with E-state index in [0.717, 1.165) is 26.0 Å². The van der Waals surface area contributed by atoms with Crippen molar-refractivity contribution in [3.8, 4) is 5.69 Å². The second-order valence-corrected chi connectivity index (χ2v) is 5.51. The molecule has 0 unspecified atom stereocenters. The zero-order valence-electron chi connectivity index (χ0n) is 9.77. The summed E-state index contributed by atoms with van der Waals surface area (Å²) >= 11 is 8.87. The van der Waals surface area contributed by atoms with Crippen molar-refractivity contribution >= 4 is 39.2 Å². The van der Waals surface area contributed by atoms with Gasteiger partial charge in [0.25, 0.3) is 0 Å². The van der Waals surface area contributed by atoms with E-state index in [0.29, 0.717) is 0 Å². The third-order valence-corrected chi connectivity index (χ3v) is 3.82. The molecule has 0 fully saturated rings. The molecule has 3 rings (SSSR count). The van der Waals surface area contributed by atoms with Crippen molar-refractivity contribution in [2.24, 2.45) is 0 Å². The second kappa shape index (κ2) is 4.37. The van der Waals surface area contributed by atoms with Crippen LogP contribution < -0.4 is 0 Å². The number of imidazole rings is 1. The normalized spacial score (nSPS) is 11.0. The Kier molecular flexibility index (Phi) is 2.84. The van der Waals surface area contributed by atoms with E-state index in [4.69, 9.17) is 12.2 Å². The summed E-state index contributed by atoms with van der Waals surface area (Å²) in [5.74, 6) is 0. The molecule has 1 aromatic heterocycles. The van der Waals surface area contributed by atoms with Crippen LogP contribution in [0.5, 0.6) is 0 Å². The molecule has 18 heavy (non-hydrogen) atoms. The highest BCUT2D eigenvalue weighted by Gasteiger charge is 2.07. The van der Waals surface area contributed by atoms with E-state index in [-0.39, 0.29) is 0 Å². The van der Waals surface area contributed by atoms with Crippen LogP contribution in [0.2, 0.25) is 0 Å². The Labute approximate surface area is 118 Å². The maximum Gasteiger partial charge on any atom is 0.182 e. The maximum absolute atomic E-state index is 5.42. The third kappa shape index (κ3) is 1.82. The molecule has 2 nitrogen and oxygen atoms in total. The van der Waals surface area contributed by atoms with Gasteiger partial charge in [-0.3, -0.25) is 4.57 Å². The number of halogens is 1. The van der Waals surface area contributed by atoms with Gasteiger partial charge in [-0.25, -0.2) is 0 Å². The number of H-pyrrole nitrogens is 1. The van der Waals surface area contributed by atoms with Gasteiger partial charge in [0, 0.05) is 10.2 Å². The van der Waals surface area contributed by atoms with E-state index in [2.05, 4.69) is 62.7 Å². The number of para-hydroxylation sites is 1. The summed E-state index contributed by atoms with van der Waals surface area (Å²) in [5, 5.41) is 0. The molecule has 0 spiro atoms. The van der Waals surface area contributed by atoms with E-state index < -0.39 is 0 Å². The van der Waals surface area contributed by atoms with Crippen LogP contribution in [0.1, 0.15) is 5.56 Å². The zero-order chi connectivity index (χ0) is 12.7. The topological polar surface area (TPSA) is 20.7 Å². The first-order valence-electron chi connectivity index (χ1n) is 5.63. The average Bonchev–Trinajstić information content (AvgIpc) is 2.69. The molecule has 0 radical (unpaired) electrons. The molecule has 0 amide bonds. The standard InChI is InChI=1S/C14H11BrN2S/c1-9-3-2-4-12-13(9)16-14(18)17(12)11-7-5-10(15)6-8-11/h2-8H,1H3,(H,16,18). The van der Waals surface area contributed by atoms with Crippen LogP contribution in [-0.2, 0) is 0 Å². The van der Waals surface area contributed by atoms with E-state index in [9.17, 15) is 0 Å². The van der Waals surface area contributed by atoms with Crippen LogP contribution in [0.4, 0.5) is 0 Å². The monoisotopic (exact) mass is 318 g/mol. The van der Waals surface area contributed by atoms with E-state index in [1.165, 1.54) is 5.56 Å². The minimum atomic E-state index is 0.724. The van der Waals surface area contributed by atoms with Crippen LogP contribution in [0.3, 0.4) is 0 Å². The number of fused-ring (bicyclic) bond motifs is 1. The molecule has 1 heterocycles. The lowest BCUT2D eigenvalue weighted by Crippen LogP contribution is -1.93. The molecule has 0 aliphatic carbocycles. The minimum absolute atomic E-state index is 0.724. The average molecular weight is 319 g/mol. The summed E-state index contributed by atoms with van der Waals surface area (Å²) < 4.78 is 3.85. The fourth-order valence-corrected chi connectivity index (χ4v) is 2.69. The Morgan fingerprint density at radius 2 is 1.83 bits per heavy atom. The summed E-state index contributed by atoms with van der Waals surface area (Å²) in [5.41, 5.74) is 4.49. The SMILES string of the molecule is Cc1cccc2c1[nH]c(=S)n2-c1ccc(Br)cc1. The van der Waals surface area contributed by atoms with Gasteiger partial charge < -0.3 is 4.98 Å². The Morgan fingerprint density at radius 1 is 1.11 bits per heavy atom. The second-order valence-electron chi connectivity index (χ2n) is 4.21. The number of rotatable bonds is 1. The molecule has 0 saturated heterocycles. The maximum atomic E-state index is 5.42. The summed E-state index contributed by atoms with van der Waals surface area (Å²) in [4.78, 5) is 3.27. The van der Waals surface area contributed by atoms with E-state index >= 15 is 0 Å². The molecular weight excluding hydrogens is 308 g/mol. The molecule has 2 aromatic carbocycles. The van der Waals surface area contributed by atoms with Gasteiger partial charge >= 0.3 is 0 Å². The predicted molar refractivity (Wildman–Crippen MR) is 80.9 cm³/mol. The Hall–Kier alpha value is -1.39. The van der Waals surface area contributed by atoms with E-state index in [1.54, 1.807) is 0 Å². The molecule has 0 aliphatic rings. The molecule has 0 saturated carbocycles.